The Balaban J connectivity index is 2.57. The molecule has 1 aromatic rings. The molecule has 114 valence electrons. The van der Waals surface area contributed by atoms with Crippen molar-refractivity contribution in [2.75, 3.05) is 18.6 Å². The lowest BCUT2D eigenvalue weighted by Gasteiger charge is -2.06. The Morgan fingerprint density at radius 2 is 2.14 bits per heavy atom. The number of halogens is 1. The molecule has 0 fully saturated rings. The Morgan fingerprint density at radius 1 is 1.38 bits per heavy atom. The fourth-order valence-corrected chi connectivity index (χ4v) is 2.38. The van der Waals surface area contributed by atoms with E-state index in [0.29, 0.717) is 22.7 Å². The van der Waals surface area contributed by atoms with Gasteiger partial charge >= 0.3 is 5.97 Å². The first-order valence-corrected chi connectivity index (χ1v) is 8.29. The molecule has 4 nitrogen and oxygen atoms in total. The lowest BCUT2D eigenvalue weighted by Crippen LogP contribution is -2.24. The van der Waals surface area contributed by atoms with Crippen molar-refractivity contribution in [1.29, 1.82) is 0 Å². The molecular weight excluding hydrogens is 310 g/mol. The van der Waals surface area contributed by atoms with Crippen molar-refractivity contribution in [1.82, 2.24) is 5.32 Å². The minimum absolute atomic E-state index is 0.171. The van der Waals surface area contributed by atoms with Crippen LogP contribution in [0.1, 0.15) is 28.8 Å². The number of carboxylic acids is 1. The van der Waals surface area contributed by atoms with E-state index in [9.17, 15) is 9.59 Å². The van der Waals surface area contributed by atoms with Crippen LogP contribution in [-0.2, 0) is 4.79 Å². The molecule has 0 bridgehead atoms. The van der Waals surface area contributed by atoms with Gasteiger partial charge in [0.25, 0.3) is 5.91 Å². The molecule has 0 spiro atoms. The minimum atomic E-state index is -1.04. The summed E-state index contributed by atoms with van der Waals surface area (Å²) in [7, 11) is 0. The van der Waals surface area contributed by atoms with Crippen molar-refractivity contribution < 1.29 is 14.7 Å². The van der Waals surface area contributed by atoms with Gasteiger partial charge in [0.05, 0.1) is 0 Å². The van der Waals surface area contributed by atoms with Crippen LogP contribution in [0.25, 0.3) is 6.08 Å². The second-order valence-electron chi connectivity index (χ2n) is 4.36. The van der Waals surface area contributed by atoms with Crippen molar-refractivity contribution in [2.45, 2.75) is 12.8 Å². The van der Waals surface area contributed by atoms with Gasteiger partial charge in [0, 0.05) is 23.2 Å². The van der Waals surface area contributed by atoms with E-state index >= 15 is 0 Å². The Bertz CT molecular complexity index is 532. The smallest absolute Gasteiger partial charge is 0.328 e. The van der Waals surface area contributed by atoms with Crippen LogP contribution in [0.2, 0.25) is 5.02 Å². The Kier molecular flexibility index (Phi) is 7.93. The Labute approximate surface area is 133 Å². The molecule has 0 aliphatic heterocycles. The first-order chi connectivity index (χ1) is 10.0. The molecule has 0 saturated carbocycles. The number of benzene rings is 1. The van der Waals surface area contributed by atoms with Gasteiger partial charge in [0.2, 0.25) is 0 Å². The van der Waals surface area contributed by atoms with Crippen LogP contribution in [0, 0.1) is 0 Å². The number of hydrogen-bond donors (Lipinski definition) is 2. The van der Waals surface area contributed by atoms with Crippen molar-refractivity contribution in [3.05, 3.63) is 40.4 Å². The molecule has 0 aliphatic rings. The molecule has 6 heteroatoms. The van der Waals surface area contributed by atoms with Crippen LogP contribution in [0.15, 0.2) is 24.3 Å². The standard InChI is InChI=1S/C15H18ClNO3S/c1-21-9-3-2-8-17-15(20)12-5-4-11(13(16)10-12)6-7-14(18)19/h4-7,10H,2-3,8-9H2,1H3,(H,17,20)(H,18,19)/b7-6+. The van der Waals surface area contributed by atoms with Gasteiger partial charge in [-0.2, -0.15) is 11.8 Å². The van der Waals surface area contributed by atoms with Gasteiger partial charge in [0.1, 0.15) is 0 Å². The lowest BCUT2D eigenvalue weighted by molar-refractivity contribution is -0.131. The molecule has 1 amide bonds. The van der Waals surface area contributed by atoms with Crippen LogP contribution in [0.3, 0.4) is 0 Å². The molecule has 0 heterocycles. The first kappa shape index (κ1) is 17.6. The monoisotopic (exact) mass is 327 g/mol. The molecule has 0 aromatic heterocycles. The van der Waals surface area contributed by atoms with Crippen molar-refractivity contribution in [3.63, 3.8) is 0 Å². The second-order valence-corrected chi connectivity index (χ2v) is 5.76. The molecule has 0 atom stereocenters. The van der Waals surface area contributed by atoms with Crippen LogP contribution >= 0.6 is 23.4 Å². The van der Waals surface area contributed by atoms with E-state index in [1.54, 1.807) is 30.0 Å². The van der Waals surface area contributed by atoms with E-state index in [4.69, 9.17) is 16.7 Å². The lowest BCUT2D eigenvalue weighted by atomic mass is 10.1. The maximum Gasteiger partial charge on any atom is 0.328 e. The summed E-state index contributed by atoms with van der Waals surface area (Å²) in [6.07, 6.45) is 6.48. The SMILES string of the molecule is CSCCCCNC(=O)c1ccc(/C=C/C(=O)O)c(Cl)c1. The fourth-order valence-electron chi connectivity index (χ4n) is 1.64. The van der Waals surface area contributed by atoms with E-state index in [1.807, 2.05) is 0 Å². The molecule has 1 aromatic carbocycles. The third-order valence-electron chi connectivity index (χ3n) is 2.73. The second kappa shape index (κ2) is 9.47. The average molecular weight is 328 g/mol. The molecule has 1 rings (SSSR count). The molecule has 0 radical (unpaired) electrons. The number of carbonyl (C=O) groups excluding carboxylic acids is 1. The van der Waals surface area contributed by atoms with Crippen molar-refractivity contribution in [3.8, 4) is 0 Å². The highest BCUT2D eigenvalue weighted by Gasteiger charge is 2.07. The van der Waals surface area contributed by atoms with Crippen molar-refractivity contribution in [2.24, 2.45) is 0 Å². The normalized spacial score (nSPS) is 10.8. The number of thioether (sulfide) groups is 1. The third kappa shape index (κ3) is 6.69. The van der Waals surface area contributed by atoms with E-state index in [0.717, 1.165) is 24.7 Å². The maximum absolute atomic E-state index is 11.9. The summed E-state index contributed by atoms with van der Waals surface area (Å²) in [5.41, 5.74) is 1.04. The summed E-state index contributed by atoms with van der Waals surface area (Å²) in [6.45, 7) is 0.637. The largest absolute Gasteiger partial charge is 0.478 e. The highest BCUT2D eigenvalue weighted by Crippen LogP contribution is 2.19. The van der Waals surface area contributed by atoms with Gasteiger partial charge < -0.3 is 10.4 Å². The zero-order valence-corrected chi connectivity index (χ0v) is 13.3. The highest BCUT2D eigenvalue weighted by molar-refractivity contribution is 7.98. The topological polar surface area (TPSA) is 66.4 Å². The number of amides is 1. The van der Waals surface area contributed by atoms with Gasteiger partial charge in [0.15, 0.2) is 0 Å². The van der Waals surface area contributed by atoms with Gasteiger partial charge in [-0.1, -0.05) is 17.7 Å². The summed E-state index contributed by atoms with van der Waals surface area (Å²) in [4.78, 5) is 22.4. The van der Waals surface area contributed by atoms with Gasteiger partial charge in [-0.15, -0.1) is 0 Å². The molecule has 2 N–H and O–H groups in total. The van der Waals surface area contributed by atoms with E-state index < -0.39 is 5.97 Å². The fraction of sp³-hybridized carbons (Fsp3) is 0.333. The van der Waals surface area contributed by atoms with E-state index in [2.05, 4.69) is 11.6 Å². The maximum atomic E-state index is 11.9. The third-order valence-corrected chi connectivity index (χ3v) is 3.75. The van der Waals surface area contributed by atoms with Gasteiger partial charge in [-0.3, -0.25) is 4.79 Å². The minimum Gasteiger partial charge on any atom is -0.478 e. The number of hydrogen-bond acceptors (Lipinski definition) is 3. The molecule has 0 unspecified atom stereocenters. The summed E-state index contributed by atoms with van der Waals surface area (Å²) < 4.78 is 0. The Hall–Kier alpha value is -1.46. The van der Waals surface area contributed by atoms with Gasteiger partial charge in [-0.05, 0) is 48.6 Å². The number of nitrogens with one attached hydrogen (secondary N) is 1. The van der Waals surface area contributed by atoms with Crippen molar-refractivity contribution >= 4 is 41.3 Å². The number of carboxylic acid groups (broad SMARTS) is 1. The summed E-state index contributed by atoms with van der Waals surface area (Å²) in [6, 6.07) is 4.80. The predicted molar refractivity (Wildman–Crippen MR) is 88.1 cm³/mol. The molecule has 0 aliphatic carbocycles. The van der Waals surface area contributed by atoms with E-state index in [1.165, 1.54) is 6.08 Å². The first-order valence-electron chi connectivity index (χ1n) is 6.52. The van der Waals surface area contributed by atoms with Crippen LogP contribution in [0.5, 0.6) is 0 Å². The van der Waals surface area contributed by atoms with E-state index in [-0.39, 0.29) is 5.91 Å². The molecular formula is C15H18ClNO3S. The molecule has 21 heavy (non-hydrogen) atoms. The number of carbonyl (C=O) groups is 2. The van der Waals surface area contributed by atoms with Gasteiger partial charge in [-0.25, -0.2) is 4.79 Å². The van der Waals surface area contributed by atoms with Crippen LogP contribution in [0.4, 0.5) is 0 Å². The quantitative estimate of drug-likeness (QED) is 0.568. The zero-order chi connectivity index (χ0) is 15.7. The highest BCUT2D eigenvalue weighted by atomic mass is 35.5. The summed E-state index contributed by atoms with van der Waals surface area (Å²) >= 11 is 7.82. The number of aliphatic carboxylic acids is 1. The summed E-state index contributed by atoms with van der Waals surface area (Å²) in [5, 5.41) is 11.8. The zero-order valence-electron chi connectivity index (χ0n) is 11.8. The number of rotatable bonds is 8. The Morgan fingerprint density at radius 3 is 2.76 bits per heavy atom. The van der Waals surface area contributed by atoms with Crippen LogP contribution < -0.4 is 5.32 Å². The number of unbranched alkanes of at least 4 members (excludes halogenated alkanes) is 1. The predicted octanol–water partition coefficient (Wildman–Crippen LogP) is 3.31. The average Bonchev–Trinajstić information content (AvgIpc) is 2.45. The van der Waals surface area contributed by atoms with Crippen LogP contribution in [-0.4, -0.2) is 35.5 Å². The molecule has 0 saturated heterocycles. The summed E-state index contributed by atoms with van der Waals surface area (Å²) in [5.74, 6) is -0.125.